The maximum absolute atomic E-state index is 13.1. The second kappa shape index (κ2) is 15.0. The number of amides is 4. The van der Waals surface area contributed by atoms with Gasteiger partial charge in [0.1, 0.15) is 18.1 Å². The van der Waals surface area contributed by atoms with Crippen LogP contribution in [0.25, 0.3) is 0 Å². The molecule has 4 unspecified atom stereocenters. The molecule has 0 aliphatic rings. The standard InChI is InChI=1S/C21H35N7O6S/c1-11(2)6-15(20(32)28-16(21(33)34)8-17(23)29)27-19(31)14(4-5-35-3)26-18(30)13(22)7-12-9-24-10-25-12/h9-11,13-16H,4-8,22H2,1-3H3,(H2,23,29)(H,24,25)(H,26,30)(H,27,31)(H,28,32)(H,33,34). The van der Waals surface area contributed by atoms with Gasteiger partial charge < -0.3 is 37.5 Å². The number of H-pyrrole nitrogens is 1. The molecule has 9 N–H and O–H groups in total. The van der Waals surface area contributed by atoms with Crippen LogP contribution >= 0.6 is 11.8 Å². The number of thioether (sulfide) groups is 1. The fourth-order valence-electron chi connectivity index (χ4n) is 3.16. The molecule has 0 aliphatic heterocycles. The van der Waals surface area contributed by atoms with E-state index in [1.54, 1.807) is 6.20 Å². The van der Waals surface area contributed by atoms with E-state index in [2.05, 4.69) is 25.9 Å². The van der Waals surface area contributed by atoms with Gasteiger partial charge in [-0.1, -0.05) is 13.8 Å². The van der Waals surface area contributed by atoms with Crippen LogP contribution in [0.3, 0.4) is 0 Å². The zero-order valence-electron chi connectivity index (χ0n) is 20.1. The number of rotatable bonds is 16. The van der Waals surface area contributed by atoms with Gasteiger partial charge in [0.2, 0.25) is 23.6 Å². The van der Waals surface area contributed by atoms with Crippen molar-refractivity contribution in [3.63, 3.8) is 0 Å². The van der Waals surface area contributed by atoms with E-state index in [4.69, 9.17) is 11.5 Å². The Morgan fingerprint density at radius 3 is 2.17 bits per heavy atom. The Hall–Kier alpha value is -3.13. The summed E-state index contributed by atoms with van der Waals surface area (Å²) in [4.78, 5) is 67.7. The Bertz CT molecular complexity index is 864. The van der Waals surface area contributed by atoms with E-state index in [9.17, 15) is 29.1 Å². The molecule has 0 saturated heterocycles. The zero-order chi connectivity index (χ0) is 26.5. The summed E-state index contributed by atoms with van der Waals surface area (Å²) in [6.45, 7) is 3.65. The molecule has 1 heterocycles. The lowest BCUT2D eigenvalue weighted by atomic mass is 10.0. The second-order valence-electron chi connectivity index (χ2n) is 8.49. The lowest BCUT2D eigenvalue weighted by molar-refractivity contribution is -0.143. The molecule has 196 valence electrons. The van der Waals surface area contributed by atoms with E-state index in [0.29, 0.717) is 11.4 Å². The lowest BCUT2D eigenvalue weighted by Gasteiger charge is -2.26. The Labute approximate surface area is 207 Å². The Morgan fingerprint density at radius 2 is 1.66 bits per heavy atom. The molecule has 14 heteroatoms. The summed E-state index contributed by atoms with van der Waals surface area (Å²) < 4.78 is 0. The van der Waals surface area contributed by atoms with Crippen molar-refractivity contribution in [3.05, 3.63) is 18.2 Å². The molecule has 0 fully saturated rings. The molecule has 0 spiro atoms. The number of carbonyl (C=O) groups is 5. The van der Waals surface area contributed by atoms with Crippen molar-refractivity contribution >= 4 is 41.4 Å². The molecule has 0 aliphatic carbocycles. The van der Waals surface area contributed by atoms with Gasteiger partial charge in [0.25, 0.3) is 0 Å². The highest BCUT2D eigenvalue weighted by molar-refractivity contribution is 7.98. The van der Waals surface area contributed by atoms with Crippen molar-refractivity contribution in [1.82, 2.24) is 25.9 Å². The Balaban J connectivity index is 2.93. The van der Waals surface area contributed by atoms with E-state index >= 15 is 0 Å². The van der Waals surface area contributed by atoms with Gasteiger partial charge in [-0.3, -0.25) is 19.2 Å². The first kappa shape index (κ1) is 29.9. The number of aromatic nitrogens is 2. The predicted octanol–water partition coefficient (Wildman–Crippen LogP) is -1.51. The predicted molar refractivity (Wildman–Crippen MR) is 130 cm³/mol. The largest absolute Gasteiger partial charge is 0.480 e. The van der Waals surface area contributed by atoms with Crippen molar-refractivity contribution in [2.24, 2.45) is 17.4 Å². The van der Waals surface area contributed by atoms with Gasteiger partial charge >= 0.3 is 5.97 Å². The Kier molecular flexibility index (Phi) is 12.8. The molecule has 1 aromatic rings. The van der Waals surface area contributed by atoms with Crippen LogP contribution in [0.2, 0.25) is 0 Å². The second-order valence-corrected chi connectivity index (χ2v) is 9.48. The van der Waals surface area contributed by atoms with Crippen molar-refractivity contribution in [2.75, 3.05) is 12.0 Å². The van der Waals surface area contributed by atoms with Gasteiger partial charge in [0.05, 0.1) is 18.8 Å². The Morgan fingerprint density at radius 1 is 1.06 bits per heavy atom. The molecule has 13 nitrogen and oxygen atoms in total. The SMILES string of the molecule is CSCCC(NC(=O)C(N)Cc1cnc[nH]1)C(=O)NC(CC(C)C)C(=O)NC(CC(N)=O)C(=O)O. The number of hydrogen-bond donors (Lipinski definition) is 7. The van der Waals surface area contributed by atoms with Gasteiger partial charge in [0.15, 0.2) is 0 Å². The fraction of sp³-hybridized carbons (Fsp3) is 0.619. The summed E-state index contributed by atoms with van der Waals surface area (Å²) in [5.41, 5.74) is 11.7. The monoisotopic (exact) mass is 513 g/mol. The number of nitrogens with zero attached hydrogens (tertiary/aromatic N) is 1. The van der Waals surface area contributed by atoms with Gasteiger partial charge in [0, 0.05) is 18.3 Å². The van der Waals surface area contributed by atoms with Crippen LogP contribution in [-0.4, -0.2) is 80.8 Å². The number of hydrogen-bond acceptors (Lipinski definition) is 8. The average Bonchev–Trinajstić information content (AvgIpc) is 3.27. The first-order valence-corrected chi connectivity index (χ1v) is 12.5. The van der Waals surface area contributed by atoms with Gasteiger partial charge in [-0.2, -0.15) is 11.8 Å². The highest BCUT2D eigenvalue weighted by Gasteiger charge is 2.31. The summed E-state index contributed by atoms with van der Waals surface area (Å²) in [5, 5.41) is 16.8. The van der Waals surface area contributed by atoms with Crippen molar-refractivity contribution in [1.29, 1.82) is 0 Å². The summed E-state index contributed by atoms with van der Waals surface area (Å²) >= 11 is 1.48. The quantitative estimate of drug-likeness (QED) is 0.136. The van der Waals surface area contributed by atoms with Gasteiger partial charge in [-0.05, 0) is 30.8 Å². The fourth-order valence-corrected chi connectivity index (χ4v) is 3.63. The molecule has 1 aromatic heterocycles. The third-order valence-corrected chi connectivity index (χ3v) is 5.58. The summed E-state index contributed by atoms with van der Waals surface area (Å²) in [5.74, 6) is -3.73. The van der Waals surface area contributed by atoms with Crippen LogP contribution in [0.4, 0.5) is 0 Å². The van der Waals surface area contributed by atoms with E-state index in [0.717, 1.165) is 0 Å². The third kappa shape index (κ3) is 11.2. The number of carboxylic acids is 1. The maximum Gasteiger partial charge on any atom is 0.326 e. The van der Waals surface area contributed by atoms with Crippen molar-refractivity contribution in [2.45, 2.75) is 63.7 Å². The van der Waals surface area contributed by atoms with Crippen LogP contribution < -0.4 is 27.4 Å². The number of nitrogens with one attached hydrogen (secondary N) is 4. The molecular weight excluding hydrogens is 478 g/mol. The highest BCUT2D eigenvalue weighted by Crippen LogP contribution is 2.09. The summed E-state index contributed by atoms with van der Waals surface area (Å²) in [6.07, 6.45) is 4.94. The molecular formula is C21H35N7O6S. The number of nitrogens with two attached hydrogens (primary N) is 2. The summed E-state index contributed by atoms with van der Waals surface area (Å²) in [7, 11) is 0. The molecule has 0 saturated carbocycles. The molecule has 35 heavy (non-hydrogen) atoms. The van der Waals surface area contributed by atoms with Crippen LogP contribution in [-0.2, 0) is 30.4 Å². The van der Waals surface area contributed by atoms with E-state index in [1.807, 2.05) is 20.1 Å². The first-order chi connectivity index (χ1) is 16.4. The minimum Gasteiger partial charge on any atom is -0.480 e. The molecule has 4 amide bonds. The van der Waals surface area contributed by atoms with E-state index in [1.165, 1.54) is 18.1 Å². The van der Waals surface area contributed by atoms with Gasteiger partial charge in [-0.25, -0.2) is 9.78 Å². The molecule has 0 bridgehead atoms. The highest BCUT2D eigenvalue weighted by atomic mass is 32.2. The number of imidazole rings is 1. The number of aromatic amines is 1. The molecule has 0 aromatic carbocycles. The van der Waals surface area contributed by atoms with Crippen LogP contribution in [0.5, 0.6) is 0 Å². The van der Waals surface area contributed by atoms with Crippen LogP contribution in [0.15, 0.2) is 12.5 Å². The minimum absolute atomic E-state index is 0.0347. The van der Waals surface area contributed by atoms with Gasteiger partial charge in [-0.15, -0.1) is 0 Å². The lowest BCUT2D eigenvalue weighted by Crippen LogP contribution is -2.57. The summed E-state index contributed by atoms with van der Waals surface area (Å²) in [6, 6.07) is -4.52. The van der Waals surface area contributed by atoms with Crippen LogP contribution in [0, 0.1) is 5.92 Å². The average molecular weight is 514 g/mol. The molecule has 1 rings (SSSR count). The van der Waals surface area contributed by atoms with Crippen LogP contribution in [0.1, 0.15) is 38.8 Å². The zero-order valence-corrected chi connectivity index (χ0v) is 20.9. The maximum atomic E-state index is 13.1. The topological polar surface area (TPSA) is 222 Å². The number of primary amides is 1. The smallest absolute Gasteiger partial charge is 0.326 e. The molecule has 4 atom stereocenters. The normalized spacial score (nSPS) is 14.4. The molecule has 0 radical (unpaired) electrons. The number of carbonyl (C=O) groups excluding carboxylic acids is 4. The first-order valence-electron chi connectivity index (χ1n) is 11.1. The van der Waals surface area contributed by atoms with Crippen molar-refractivity contribution < 1.29 is 29.1 Å². The van der Waals surface area contributed by atoms with E-state index < -0.39 is 60.2 Å². The number of carboxylic acid groups (broad SMARTS) is 1. The van der Waals surface area contributed by atoms with E-state index in [-0.39, 0.29) is 25.2 Å². The minimum atomic E-state index is -1.53. The number of aliphatic carboxylic acids is 1. The third-order valence-electron chi connectivity index (χ3n) is 4.94. The van der Waals surface area contributed by atoms with Crippen molar-refractivity contribution in [3.8, 4) is 0 Å².